The van der Waals surface area contributed by atoms with E-state index in [9.17, 15) is 14.4 Å². The molecule has 2 aromatic carbocycles. The number of rotatable bonds is 10. The lowest BCUT2D eigenvalue weighted by atomic mass is 10.0. The van der Waals surface area contributed by atoms with Gasteiger partial charge in [0.15, 0.2) is 0 Å². The topological polar surface area (TPSA) is 86.7 Å². The molecule has 2 N–H and O–H groups in total. The van der Waals surface area contributed by atoms with E-state index in [0.29, 0.717) is 28.6 Å². The predicted molar refractivity (Wildman–Crippen MR) is 135 cm³/mol. The van der Waals surface area contributed by atoms with Gasteiger partial charge in [-0.2, -0.15) is 0 Å². The van der Waals surface area contributed by atoms with Crippen LogP contribution in [0.1, 0.15) is 38.2 Å². The molecular weight excluding hydrogens is 456 g/mol. The number of carbonyl (C=O) groups excluding carboxylic acids is 2. The third-order valence-corrected chi connectivity index (χ3v) is 6.60. The lowest BCUT2D eigenvalue weighted by Crippen LogP contribution is -2.38. The van der Waals surface area contributed by atoms with Crippen LogP contribution in [-0.4, -0.2) is 44.7 Å². The van der Waals surface area contributed by atoms with Crippen molar-refractivity contribution in [3.63, 3.8) is 0 Å². The fourth-order valence-electron chi connectivity index (χ4n) is 3.35. The van der Waals surface area contributed by atoms with Gasteiger partial charge in [0.25, 0.3) is 5.91 Å². The number of benzene rings is 2. The highest BCUT2D eigenvalue weighted by Crippen LogP contribution is 2.33. The lowest BCUT2D eigenvalue weighted by Gasteiger charge is -2.14. The minimum absolute atomic E-state index is 0.0924. The number of thiocarbonyl (C=S) groups is 1. The summed E-state index contributed by atoms with van der Waals surface area (Å²) in [5.74, 6) is -1.43. The highest BCUT2D eigenvalue weighted by molar-refractivity contribution is 8.26. The van der Waals surface area contributed by atoms with Crippen LogP contribution in [0.15, 0.2) is 59.5 Å². The van der Waals surface area contributed by atoms with Crippen molar-refractivity contribution in [3.05, 3.63) is 65.1 Å². The Morgan fingerprint density at radius 3 is 2.39 bits per heavy atom. The zero-order valence-corrected chi connectivity index (χ0v) is 20.0. The number of hydrogen-bond acceptors (Lipinski definition) is 5. The molecule has 2 amide bonds. The van der Waals surface area contributed by atoms with Crippen molar-refractivity contribution < 1.29 is 19.5 Å². The monoisotopic (exact) mass is 482 g/mol. The Bertz CT molecular complexity index is 1050. The van der Waals surface area contributed by atoms with Crippen LogP contribution in [0, 0.1) is 0 Å². The maximum absolute atomic E-state index is 12.8. The molecule has 1 aliphatic heterocycles. The molecule has 0 bridgehead atoms. The summed E-state index contributed by atoms with van der Waals surface area (Å²) in [4.78, 5) is 37.5. The van der Waals surface area contributed by atoms with Gasteiger partial charge in [-0.25, -0.2) is 0 Å². The Balaban J connectivity index is 1.48. The molecule has 33 heavy (non-hydrogen) atoms. The van der Waals surface area contributed by atoms with Crippen LogP contribution in [0.5, 0.6) is 0 Å². The van der Waals surface area contributed by atoms with E-state index < -0.39 is 12.0 Å². The Morgan fingerprint density at radius 1 is 1.06 bits per heavy atom. The summed E-state index contributed by atoms with van der Waals surface area (Å²) in [6.07, 6.45) is 4.20. The van der Waals surface area contributed by atoms with Crippen molar-refractivity contribution in [2.45, 2.75) is 38.6 Å². The molecule has 1 saturated heterocycles. The number of hydrogen-bond donors (Lipinski definition) is 2. The Morgan fingerprint density at radius 2 is 1.73 bits per heavy atom. The van der Waals surface area contributed by atoms with Gasteiger partial charge in [0.2, 0.25) is 5.91 Å². The average Bonchev–Trinajstić information content (AvgIpc) is 3.07. The first-order valence-electron chi connectivity index (χ1n) is 10.8. The smallest absolute Gasteiger partial charge is 0.325 e. The number of carboxylic acids is 1. The fourth-order valence-corrected chi connectivity index (χ4v) is 4.66. The molecule has 1 fully saturated rings. The van der Waals surface area contributed by atoms with E-state index in [1.54, 1.807) is 4.90 Å². The van der Waals surface area contributed by atoms with Gasteiger partial charge >= 0.3 is 5.97 Å². The lowest BCUT2D eigenvalue weighted by molar-refractivity contribution is -0.141. The number of aliphatic carboxylic acids is 1. The van der Waals surface area contributed by atoms with Crippen LogP contribution < -0.4 is 5.32 Å². The number of amides is 2. The van der Waals surface area contributed by atoms with E-state index in [1.807, 2.05) is 48.5 Å². The Hall–Kier alpha value is -2.97. The van der Waals surface area contributed by atoms with E-state index in [-0.39, 0.29) is 18.2 Å². The molecule has 0 spiro atoms. The normalized spacial score (nSPS) is 15.7. The van der Waals surface area contributed by atoms with Gasteiger partial charge in [-0.1, -0.05) is 85.0 Å². The molecule has 0 aliphatic carbocycles. The first-order valence-corrected chi connectivity index (χ1v) is 12.0. The molecule has 1 heterocycles. The summed E-state index contributed by atoms with van der Waals surface area (Å²) >= 11 is 6.70. The van der Waals surface area contributed by atoms with E-state index in [2.05, 4.69) is 17.4 Å². The van der Waals surface area contributed by atoms with Gasteiger partial charge in [-0.15, -0.1) is 0 Å². The molecule has 8 heteroatoms. The van der Waals surface area contributed by atoms with Crippen molar-refractivity contribution in [1.29, 1.82) is 0 Å². The van der Waals surface area contributed by atoms with Crippen molar-refractivity contribution in [2.24, 2.45) is 0 Å². The summed E-state index contributed by atoms with van der Waals surface area (Å²) < 4.78 is 0.542. The molecule has 1 unspecified atom stereocenters. The van der Waals surface area contributed by atoms with Crippen molar-refractivity contribution >= 4 is 52.2 Å². The summed E-state index contributed by atoms with van der Waals surface area (Å²) in [5, 5.41) is 11.2. The fraction of sp³-hybridized carbons (Fsp3) is 0.280. The molecule has 0 radical (unpaired) electrons. The van der Waals surface area contributed by atoms with Gasteiger partial charge in [-0.3, -0.25) is 19.3 Å². The van der Waals surface area contributed by atoms with Crippen LogP contribution in [0.4, 0.5) is 0 Å². The van der Waals surface area contributed by atoms with Crippen molar-refractivity contribution in [2.75, 3.05) is 6.54 Å². The third-order valence-electron chi connectivity index (χ3n) is 5.22. The first kappa shape index (κ1) is 24.7. The van der Waals surface area contributed by atoms with Crippen LogP contribution in [0.3, 0.4) is 0 Å². The number of nitrogens with one attached hydrogen (secondary N) is 1. The second-order valence-electron chi connectivity index (χ2n) is 7.76. The second-order valence-corrected chi connectivity index (χ2v) is 9.44. The number of nitrogens with zero attached hydrogens (tertiary/aromatic N) is 1. The first-order chi connectivity index (χ1) is 15.8. The molecule has 0 aromatic heterocycles. The van der Waals surface area contributed by atoms with Gasteiger partial charge in [0, 0.05) is 13.0 Å². The largest absolute Gasteiger partial charge is 0.480 e. The highest BCUT2D eigenvalue weighted by atomic mass is 32.2. The van der Waals surface area contributed by atoms with Gasteiger partial charge in [0.05, 0.1) is 4.91 Å². The average molecular weight is 483 g/mol. The zero-order chi connectivity index (χ0) is 23.8. The molecule has 3 rings (SSSR count). The van der Waals surface area contributed by atoms with E-state index in [4.69, 9.17) is 17.3 Å². The highest BCUT2D eigenvalue weighted by Gasteiger charge is 2.31. The maximum Gasteiger partial charge on any atom is 0.325 e. The molecular formula is C25H26N2O4S2. The number of thioether (sulfide) groups is 1. The number of unbranched alkanes of at least 4 members (excludes halogenated alkanes) is 2. The third kappa shape index (κ3) is 7.00. The van der Waals surface area contributed by atoms with Crippen LogP contribution in [-0.2, 0) is 14.4 Å². The van der Waals surface area contributed by atoms with Crippen LogP contribution in [0.2, 0.25) is 0 Å². The second kappa shape index (κ2) is 11.8. The molecule has 1 atom stereocenters. The Labute approximate surface area is 203 Å². The molecule has 1 aliphatic rings. The number of carboxylic acid groups (broad SMARTS) is 1. The van der Waals surface area contributed by atoms with Crippen molar-refractivity contribution in [3.8, 4) is 11.1 Å². The van der Waals surface area contributed by atoms with Gasteiger partial charge in [0.1, 0.15) is 10.4 Å². The SMILES string of the molecule is CC(NC(=O)CCCCCN1C(=O)/C(=C/c2ccc(-c3ccccc3)cc2)SC1=S)C(=O)O. The van der Waals surface area contributed by atoms with E-state index in [0.717, 1.165) is 23.1 Å². The molecule has 0 saturated carbocycles. The quantitative estimate of drug-likeness (QED) is 0.290. The Kier molecular flexibility index (Phi) is 8.79. The summed E-state index contributed by atoms with van der Waals surface area (Å²) in [6.45, 7) is 1.93. The van der Waals surface area contributed by atoms with Crippen LogP contribution in [0.25, 0.3) is 17.2 Å². The standard InChI is InChI=1S/C25H26N2O4S2/c1-17(24(30)31)26-22(28)10-6-3-7-15-27-23(29)21(33-25(27)32)16-18-11-13-20(14-12-18)19-8-4-2-5-9-19/h2,4-5,8-9,11-14,16-17H,3,6-7,10,15H2,1H3,(H,26,28)(H,30,31)/b21-16-. The van der Waals surface area contributed by atoms with E-state index >= 15 is 0 Å². The van der Waals surface area contributed by atoms with Gasteiger partial charge in [-0.05, 0) is 42.5 Å². The maximum atomic E-state index is 12.8. The van der Waals surface area contributed by atoms with Crippen LogP contribution >= 0.6 is 24.0 Å². The minimum Gasteiger partial charge on any atom is -0.480 e. The molecule has 6 nitrogen and oxygen atoms in total. The molecule has 172 valence electrons. The van der Waals surface area contributed by atoms with Crippen molar-refractivity contribution in [1.82, 2.24) is 10.2 Å². The summed E-state index contributed by atoms with van der Waals surface area (Å²) in [6, 6.07) is 17.3. The number of carbonyl (C=O) groups is 3. The summed E-state index contributed by atoms with van der Waals surface area (Å²) in [5.41, 5.74) is 3.20. The summed E-state index contributed by atoms with van der Waals surface area (Å²) in [7, 11) is 0. The van der Waals surface area contributed by atoms with E-state index in [1.165, 1.54) is 18.7 Å². The molecule has 2 aromatic rings. The minimum atomic E-state index is -1.06. The predicted octanol–water partition coefficient (Wildman–Crippen LogP) is 4.70. The van der Waals surface area contributed by atoms with Gasteiger partial charge < -0.3 is 10.4 Å². The zero-order valence-electron chi connectivity index (χ0n) is 18.3.